The van der Waals surface area contributed by atoms with E-state index >= 15 is 0 Å². The van der Waals surface area contributed by atoms with Crippen LogP contribution in [0.15, 0.2) is 29.4 Å². The van der Waals surface area contributed by atoms with Crippen LogP contribution in [0.25, 0.3) is 0 Å². The van der Waals surface area contributed by atoms with Crippen molar-refractivity contribution in [1.82, 2.24) is 14.5 Å². The number of nitrogen functional groups attached to an aromatic ring is 1. The second-order valence-corrected chi connectivity index (χ2v) is 6.53. The van der Waals surface area contributed by atoms with Gasteiger partial charge in [0.05, 0.1) is 6.20 Å². The van der Waals surface area contributed by atoms with E-state index in [9.17, 15) is 12.8 Å². The molecule has 8 heteroatoms. The number of H-pyrrole nitrogens is 1. The average molecular weight is 298 g/mol. The van der Waals surface area contributed by atoms with Gasteiger partial charge in [0, 0.05) is 31.0 Å². The fourth-order valence-electron chi connectivity index (χ4n) is 1.83. The molecule has 0 unspecified atom stereocenters. The fourth-order valence-corrected chi connectivity index (χ4v) is 3.15. The number of nitrogens with zero attached hydrogens (tertiary/aromatic N) is 2. The van der Waals surface area contributed by atoms with Crippen LogP contribution in [0.3, 0.4) is 0 Å². The maximum Gasteiger partial charge on any atom is 0.246 e. The maximum atomic E-state index is 14.0. The minimum Gasteiger partial charge on any atom is -0.399 e. The molecular weight excluding hydrogens is 283 g/mol. The summed E-state index contributed by atoms with van der Waals surface area (Å²) in [4.78, 5) is -0.416. The number of sulfonamides is 1. The number of anilines is 1. The van der Waals surface area contributed by atoms with Crippen LogP contribution in [0, 0.1) is 12.7 Å². The number of aryl methyl sites for hydroxylation is 1. The standard InChI is InChI=1S/C12H15FN4O2S/c1-8-3-10(14)4-11(12(8)13)20(18,19)17(2)7-9-5-15-16-6-9/h3-6H,7,14H2,1-2H3,(H,15,16). The summed E-state index contributed by atoms with van der Waals surface area (Å²) in [6.45, 7) is 1.56. The van der Waals surface area contributed by atoms with Crippen molar-refractivity contribution in [2.75, 3.05) is 12.8 Å². The zero-order chi connectivity index (χ0) is 14.9. The fraction of sp³-hybridized carbons (Fsp3) is 0.250. The molecule has 0 aliphatic rings. The van der Waals surface area contributed by atoms with E-state index in [4.69, 9.17) is 5.73 Å². The van der Waals surface area contributed by atoms with Crippen molar-refractivity contribution in [3.8, 4) is 0 Å². The van der Waals surface area contributed by atoms with Crippen molar-refractivity contribution in [3.63, 3.8) is 0 Å². The van der Waals surface area contributed by atoms with Gasteiger partial charge in [0.25, 0.3) is 0 Å². The van der Waals surface area contributed by atoms with E-state index in [1.54, 1.807) is 6.20 Å². The lowest BCUT2D eigenvalue weighted by molar-refractivity contribution is 0.459. The van der Waals surface area contributed by atoms with E-state index in [-0.39, 0.29) is 17.8 Å². The molecule has 0 saturated heterocycles. The molecule has 1 aromatic heterocycles. The molecule has 0 spiro atoms. The third-order valence-corrected chi connectivity index (χ3v) is 4.69. The molecule has 0 saturated carbocycles. The molecule has 3 N–H and O–H groups in total. The Balaban J connectivity index is 2.40. The van der Waals surface area contributed by atoms with Gasteiger partial charge >= 0.3 is 0 Å². The number of halogens is 1. The first-order chi connectivity index (χ1) is 9.32. The van der Waals surface area contributed by atoms with E-state index in [1.165, 1.54) is 26.2 Å². The van der Waals surface area contributed by atoms with Crippen LogP contribution < -0.4 is 5.73 Å². The second kappa shape index (κ2) is 5.22. The normalized spacial score (nSPS) is 12.0. The topological polar surface area (TPSA) is 92.1 Å². The smallest absolute Gasteiger partial charge is 0.246 e. The molecular formula is C12H15FN4O2S. The number of nitrogens with two attached hydrogens (primary N) is 1. The van der Waals surface area contributed by atoms with Crippen molar-refractivity contribution in [1.29, 1.82) is 0 Å². The molecule has 2 aromatic rings. The molecule has 20 heavy (non-hydrogen) atoms. The molecule has 0 fully saturated rings. The largest absolute Gasteiger partial charge is 0.399 e. The molecule has 2 rings (SSSR count). The summed E-state index contributed by atoms with van der Waals surface area (Å²) in [7, 11) is -2.58. The van der Waals surface area contributed by atoms with E-state index in [2.05, 4.69) is 10.2 Å². The molecule has 108 valence electrons. The number of benzene rings is 1. The highest BCUT2D eigenvalue weighted by molar-refractivity contribution is 7.89. The van der Waals surface area contributed by atoms with Crippen LogP contribution in [-0.2, 0) is 16.6 Å². The number of aromatic amines is 1. The minimum absolute atomic E-state index is 0.0894. The van der Waals surface area contributed by atoms with Gasteiger partial charge in [-0.25, -0.2) is 12.8 Å². The zero-order valence-electron chi connectivity index (χ0n) is 11.1. The van der Waals surface area contributed by atoms with Crippen LogP contribution >= 0.6 is 0 Å². The Bertz CT molecular complexity index is 713. The summed E-state index contributed by atoms with van der Waals surface area (Å²) in [6, 6.07) is 2.52. The molecule has 0 atom stereocenters. The Kier molecular flexibility index (Phi) is 3.78. The summed E-state index contributed by atoms with van der Waals surface area (Å²) >= 11 is 0. The lowest BCUT2D eigenvalue weighted by Gasteiger charge is -2.17. The number of nitrogens with one attached hydrogen (secondary N) is 1. The summed E-state index contributed by atoms with van der Waals surface area (Å²) in [6.07, 6.45) is 3.08. The number of hydrogen-bond donors (Lipinski definition) is 2. The number of aromatic nitrogens is 2. The Morgan fingerprint density at radius 3 is 2.75 bits per heavy atom. The number of hydrogen-bond acceptors (Lipinski definition) is 4. The molecule has 0 aliphatic heterocycles. The summed E-state index contributed by atoms with van der Waals surface area (Å²) in [5.41, 5.74) is 6.68. The predicted octanol–water partition coefficient (Wildman–Crippen LogP) is 1.26. The molecule has 0 bridgehead atoms. The van der Waals surface area contributed by atoms with Gasteiger partial charge < -0.3 is 5.73 Å². The van der Waals surface area contributed by atoms with Crippen molar-refractivity contribution >= 4 is 15.7 Å². The second-order valence-electron chi connectivity index (χ2n) is 4.52. The highest BCUT2D eigenvalue weighted by atomic mass is 32.2. The van der Waals surface area contributed by atoms with Crippen molar-refractivity contribution < 1.29 is 12.8 Å². The van der Waals surface area contributed by atoms with Crippen LogP contribution in [0.2, 0.25) is 0 Å². The Hall–Kier alpha value is -1.93. The number of rotatable bonds is 4. The third-order valence-electron chi connectivity index (χ3n) is 2.89. The SMILES string of the molecule is Cc1cc(N)cc(S(=O)(=O)N(C)Cc2cn[nH]c2)c1F. The van der Waals surface area contributed by atoms with E-state index in [0.717, 1.165) is 10.4 Å². The Morgan fingerprint density at radius 2 is 2.15 bits per heavy atom. The van der Waals surface area contributed by atoms with Gasteiger partial charge in [-0.05, 0) is 24.6 Å². The van der Waals surface area contributed by atoms with E-state index in [1.807, 2.05) is 0 Å². The highest BCUT2D eigenvalue weighted by Crippen LogP contribution is 2.24. The van der Waals surface area contributed by atoms with Crippen LogP contribution in [-0.4, -0.2) is 30.0 Å². The van der Waals surface area contributed by atoms with Crippen LogP contribution in [0.5, 0.6) is 0 Å². The first-order valence-electron chi connectivity index (χ1n) is 5.82. The van der Waals surface area contributed by atoms with Crippen molar-refractivity contribution in [3.05, 3.63) is 41.5 Å². The lowest BCUT2D eigenvalue weighted by Crippen LogP contribution is -2.27. The van der Waals surface area contributed by atoms with Gasteiger partial charge in [0.1, 0.15) is 10.7 Å². The first-order valence-corrected chi connectivity index (χ1v) is 7.26. The van der Waals surface area contributed by atoms with Crippen molar-refractivity contribution in [2.24, 2.45) is 0 Å². The van der Waals surface area contributed by atoms with Gasteiger partial charge in [0.15, 0.2) is 0 Å². The summed E-state index contributed by atoms with van der Waals surface area (Å²) < 4.78 is 39.9. The van der Waals surface area contributed by atoms with Gasteiger partial charge in [0.2, 0.25) is 10.0 Å². The molecule has 0 radical (unpaired) electrons. The lowest BCUT2D eigenvalue weighted by atomic mass is 10.2. The third kappa shape index (κ3) is 2.66. The minimum atomic E-state index is -3.95. The predicted molar refractivity (Wildman–Crippen MR) is 72.8 cm³/mol. The molecule has 1 aromatic carbocycles. The van der Waals surface area contributed by atoms with Crippen LogP contribution in [0.4, 0.5) is 10.1 Å². The van der Waals surface area contributed by atoms with Gasteiger partial charge in [-0.2, -0.15) is 9.40 Å². The monoisotopic (exact) mass is 298 g/mol. The summed E-state index contributed by atoms with van der Waals surface area (Å²) in [5.74, 6) is -0.779. The van der Waals surface area contributed by atoms with E-state index < -0.39 is 20.7 Å². The average Bonchev–Trinajstić information content (AvgIpc) is 2.86. The van der Waals surface area contributed by atoms with Gasteiger partial charge in [-0.3, -0.25) is 5.10 Å². The quantitative estimate of drug-likeness (QED) is 0.831. The molecule has 1 heterocycles. The Morgan fingerprint density at radius 1 is 1.45 bits per heavy atom. The Labute approximate surface area is 116 Å². The van der Waals surface area contributed by atoms with E-state index in [0.29, 0.717) is 5.56 Å². The van der Waals surface area contributed by atoms with Crippen molar-refractivity contribution in [2.45, 2.75) is 18.4 Å². The van der Waals surface area contributed by atoms with Gasteiger partial charge in [-0.15, -0.1) is 0 Å². The maximum absolute atomic E-state index is 14.0. The van der Waals surface area contributed by atoms with Crippen LogP contribution in [0.1, 0.15) is 11.1 Å². The molecule has 6 nitrogen and oxygen atoms in total. The zero-order valence-corrected chi connectivity index (χ0v) is 11.9. The first kappa shape index (κ1) is 14.5. The van der Waals surface area contributed by atoms with Gasteiger partial charge in [-0.1, -0.05) is 0 Å². The molecule has 0 amide bonds. The molecule has 0 aliphatic carbocycles. The summed E-state index contributed by atoms with van der Waals surface area (Å²) in [5, 5.41) is 6.33. The highest BCUT2D eigenvalue weighted by Gasteiger charge is 2.26.